The summed E-state index contributed by atoms with van der Waals surface area (Å²) in [7, 11) is 0. The zero-order chi connectivity index (χ0) is 11.4. The van der Waals surface area contributed by atoms with Gasteiger partial charge in [-0.05, 0) is 26.7 Å². The maximum Gasteiger partial charge on any atom is 0.307 e. The van der Waals surface area contributed by atoms with Crippen molar-refractivity contribution >= 4 is 5.97 Å². The third-order valence-electron chi connectivity index (χ3n) is 1.78. The SMILES string of the molecule is CC(C)[C@H](C#N)CC(=O)OC(C)(C)C. The highest BCUT2D eigenvalue weighted by molar-refractivity contribution is 5.70. The molecule has 3 heteroatoms. The second-order valence-electron chi connectivity index (χ2n) is 4.77. The van der Waals surface area contributed by atoms with Crippen LogP contribution in [-0.4, -0.2) is 11.6 Å². The summed E-state index contributed by atoms with van der Waals surface area (Å²) in [6.45, 7) is 9.32. The maximum atomic E-state index is 11.4. The van der Waals surface area contributed by atoms with E-state index in [2.05, 4.69) is 6.07 Å². The molecule has 14 heavy (non-hydrogen) atoms. The zero-order valence-electron chi connectivity index (χ0n) is 9.63. The second-order valence-corrected chi connectivity index (χ2v) is 4.77. The van der Waals surface area contributed by atoms with Crippen molar-refractivity contribution in [3.63, 3.8) is 0 Å². The lowest BCUT2D eigenvalue weighted by atomic mass is 9.94. The van der Waals surface area contributed by atoms with Crippen molar-refractivity contribution < 1.29 is 9.53 Å². The molecule has 0 rings (SSSR count). The Morgan fingerprint density at radius 3 is 2.21 bits per heavy atom. The van der Waals surface area contributed by atoms with Gasteiger partial charge in [-0.15, -0.1) is 0 Å². The number of ether oxygens (including phenoxy) is 1. The van der Waals surface area contributed by atoms with Crippen LogP contribution in [0.25, 0.3) is 0 Å². The first-order valence-electron chi connectivity index (χ1n) is 4.87. The van der Waals surface area contributed by atoms with Gasteiger partial charge in [0.25, 0.3) is 0 Å². The molecular formula is C11H19NO2. The molecule has 0 aliphatic heterocycles. The highest BCUT2D eigenvalue weighted by atomic mass is 16.6. The number of carbonyl (C=O) groups excluding carboxylic acids is 1. The number of rotatable bonds is 3. The van der Waals surface area contributed by atoms with Crippen molar-refractivity contribution in [1.82, 2.24) is 0 Å². The van der Waals surface area contributed by atoms with Gasteiger partial charge < -0.3 is 4.74 Å². The minimum absolute atomic E-state index is 0.186. The lowest BCUT2D eigenvalue weighted by molar-refractivity contribution is -0.155. The fourth-order valence-corrected chi connectivity index (χ4v) is 0.993. The lowest BCUT2D eigenvalue weighted by Gasteiger charge is -2.21. The first-order valence-corrected chi connectivity index (χ1v) is 4.87. The van der Waals surface area contributed by atoms with Crippen LogP contribution in [0.4, 0.5) is 0 Å². The summed E-state index contributed by atoms with van der Waals surface area (Å²) in [5.74, 6) is -0.352. The van der Waals surface area contributed by atoms with Crippen molar-refractivity contribution in [2.24, 2.45) is 11.8 Å². The van der Waals surface area contributed by atoms with Crippen LogP contribution < -0.4 is 0 Å². The van der Waals surface area contributed by atoms with Crippen molar-refractivity contribution in [2.45, 2.75) is 46.6 Å². The molecule has 0 saturated carbocycles. The molecule has 0 aromatic carbocycles. The Hall–Kier alpha value is -1.04. The van der Waals surface area contributed by atoms with Crippen LogP contribution in [0.1, 0.15) is 41.0 Å². The summed E-state index contributed by atoms with van der Waals surface area (Å²) in [6.07, 6.45) is 0.186. The highest BCUT2D eigenvalue weighted by Gasteiger charge is 2.21. The van der Waals surface area contributed by atoms with Crippen LogP contribution in [0.2, 0.25) is 0 Å². The number of nitrogens with zero attached hydrogens (tertiary/aromatic N) is 1. The zero-order valence-corrected chi connectivity index (χ0v) is 9.63. The normalized spacial score (nSPS) is 13.5. The fraction of sp³-hybridized carbons (Fsp3) is 0.818. The molecule has 0 heterocycles. The Bertz CT molecular complexity index is 233. The Balaban J connectivity index is 4.13. The van der Waals surface area contributed by atoms with Crippen LogP contribution in [0.5, 0.6) is 0 Å². The standard InChI is InChI=1S/C11H19NO2/c1-8(2)9(7-12)6-10(13)14-11(3,4)5/h8-9H,6H2,1-5H3/t9-/m0/s1. The van der Waals surface area contributed by atoms with E-state index in [1.165, 1.54) is 0 Å². The summed E-state index contributed by atoms with van der Waals surface area (Å²) in [6, 6.07) is 2.12. The second kappa shape index (κ2) is 4.99. The molecule has 0 fully saturated rings. The molecule has 0 amide bonds. The quantitative estimate of drug-likeness (QED) is 0.653. The van der Waals surface area contributed by atoms with E-state index in [9.17, 15) is 4.79 Å². The minimum Gasteiger partial charge on any atom is -0.460 e. The Labute approximate surface area is 86.1 Å². The Morgan fingerprint density at radius 1 is 1.43 bits per heavy atom. The molecule has 0 saturated heterocycles. The molecule has 0 bridgehead atoms. The van der Waals surface area contributed by atoms with Crippen LogP contribution in [0.3, 0.4) is 0 Å². The predicted molar refractivity (Wildman–Crippen MR) is 54.4 cm³/mol. The molecule has 0 spiro atoms. The monoisotopic (exact) mass is 197 g/mol. The number of esters is 1. The largest absolute Gasteiger partial charge is 0.460 e. The molecule has 0 aliphatic rings. The van der Waals surface area contributed by atoms with E-state index in [1.54, 1.807) is 0 Å². The average Bonchev–Trinajstić information content (AvgIpc) is 1.96. The van der Waals surface area contributed by atoms with Crippen molar-refractivity contribution in [1.29, 1.82) is 5.26 Å². The molecule has 0 aromatic heterocycles. The Morgan fingerprint density at radius 2 is 1.93 bits per heavy atom. The van der Waals surface area contributed by atoms with Gasteiger partial charge in [-0.25, -0.2) is 0 Å². The smallest absolute Gasteiger partial charge is 0.307 e. The van der Waals surface area contributed by atoms with Gasteiger partial charge in [-0.1, -0.05) is 13.8 Å². The molecule has 0 unspecified atom stereocenters. The molecule has 80 valence electrons. The molecule has 0 aliphatic carbocycles. The summed E-state index contributed by atoms with van der Waals surface area (Å²) in [5, 5.41) is 8.79. The van der Waals surface area contributed by atoms with Gasteiger partial charge >= 0.3 is 5.97 Å². The molecule has 0 aromatic rings. The molecular weight excluding hydrogens is 178 g/mol. The number of carbonyl (C=O) groups is 1. The van der Waals surface area contributed by atoms with Crippen LogP contribution in [-0.2, 0) is 9.53 Å². The number of hydrogen-bond acceptors (Lipinski definition) is 3. The molecule has 0 N–H and O–H groups in total. The van der Waals surface area contributed by atoms with Crippen LogP contribution >= 0.6 is 0 Å². The first kappa shape index (κ1) is 13.0. The summed E-state index contributed by atoms with van der Waals surface area (Å²) in [5.41, 5.74) is -0.464. The fourth-order valence-electron chi connectivity index (χ4n) is 0.993. The summed E-state index contributed by atoms with van der Waals surface area (Å²) < 4.78 is 5.13. The van der Waals surface area contributed by atoms with E-state index in [0.29, 0.717) is 0 Å². The van der Waals surface area contributed by atoms with Gasteiger partial charge in [0.05, 0.1) is 18.4 Å². The van der Waals surface area contributed by atoms with Gasteiger partial charge in [-0.3, -0.25) is 4.79 Å². The number of nitriles is 1. The van der Waals surface area contributed by atoms with E-state index in [-0.39, 0.29) is 24.2 Å². The van der Waals surface area contributed by atoms with E-state index in [1.807, 2.05) is 34.6 Å². The molecule has 1 atom stereocenters. The minimum atomic E-state index is -0.464. The van der Waals surface area contributed by atoms with Gasteiger partial charge in [0, 0.05) is 0 Å². The van der Waals surface area contributed by atoms with E-state index >= 15 is 0 Å². The van der Waals surface area contributed by atoms with Gasteiger partial charge in [0.2, 0.25) is 0 Å². The average molecular weight is 197 g/mol. The predicted octanol–water partition coefficient (Wildman–Crippen LogP) is 2.51. The lowest BCUT2D eigenvalue weighted by Crippen LogP contribution is -2.26. The van der Waals surface area contributed by atoms with Gasteiger partial charge in [0.1, 0.15) is 5.60 Å². The van der Waals surface area contributed by atoms with Crippen LogP contribution in [0.15, 0.2) is 0 Å². The third kappa shape index (κ3) is 5.58. The topological polar surface area (TPSA) is 50.1 Å². The van der Waals surface area contributed by atoms with Crippen LogP contribution in [0, 0.1) is 23.2 Å². The Kier molecular flexibility index (Phi) is 4.62. The van der Waals surface area contributed by atoms with Crippen molar-refractivity contribution in [3.8, 4) is 6.07 Å². The molecule has 0 radical (unpaired) electrons. The summed E-state index contributed by atoms with van der Waals surface area (Å²) in [4.78, 5) is 11.4. The maximum absolute atomic E-state index is 11.4. The van der Waals surface area contributed by atoms with Gasteiger partial charge in [-0.2, -0.15) is 5.26 Å². The van der Waals surface area contributed by atoms with Crippen molar-refractivity contribution in [2.75, 3.05) is 0 Å². The van der Waals surface area contributed by atoms with Gasteiger partial charge in [0.15, 0.2) is 0 Å². The highest BCUT2D eigenvalue weighted by Crippen LogP contribution is 2.17. The molecule has 3 nitrogen and oxygen atoms in total. The van der Waals surface area contributed by atoms with E-state index < -0.39 is 5.60 Å². The van der Waals surface area contributed by atoms with E-state index in [4.69, 9.17) is 10.00 Å². The number of hydrogen-bond donors (Lipinski definition) is 0. The third-order valence-corrected chi connectivity index (χ3v) is 1.78. The summed E-state index contributed by atoms with van der Waals surface area (Å²) >= 11 is 0. The van der Waals surface area contributed by atoms with E-state index in [0.717, 1.165) is 0 Å². The van der Waals surface area contributed by atoms with Crippen molar-refractivity contribution in [3.05, 3.63) is 0 Å². The first-order chi connectivity index (χ1) is 6.26.